The van der Waals surface area contributed by atoms with E-state index < -0.39 is 6.09 Å². The summed E-state index contributed by atoms with van der Waals surface area (Å²) in [5, 5.41) is 2.89. The minimum absolute atomic E-state index is 0.394. The summed E-state index contributed by atoms with van der Waals surface area (Å²) in [4.78, 5) is 14.8. The van der Waals surface area contributed by atoms with Gasteiger partial charge in [0.05, 0.1) is 6.54 Å². The van der Waals surface area contributed by atoms with Crippen LogP contribution in [-0.2, 0) is 13.1 Å². The molecule has 168 valence electrons. The number of aromatic nitrogens is 1. The first-order valence-electron chi connectivity index (χ1n) is 11.0. The van der Waals surface area contributed by atoms with Crippen LogP contribution in [0.2, 0.25) is 0 Å². The molecule has 5 nitrogen and oxygen atoms in total. The minimum Gasteiger partial charge on any atom is -0.392 e. The zero-order valence-electron chi connectivity index (χ0n) is 19.3. The van der Waals surface area contributed by atoms with E-state index in [0.717, 1.165) is 33.5 Å². The fourth-order valence-corrected chi connectivity index (χ4v) is 3.84. The predicted molar refractivity (Wildman–Crippen MR) is 134 cm³/mol. The molecule has 4 aromatic rings. The van der Waals surface area contributed by atoms with E-state index in [-0.39, 0.29) is 0 Å². The van der Waals surface area contributed by atoms with Gasteiger partial charge in [0.15, 0.2) is 0 Å². The van der Waals surface area contributed by atoms with Crippen LogP contribution in [0.4, 0.5) is 10.5 Å². The van der Waals surface area contributed by atoms with Crippen LogP contribution in [0, 0.1) is 6.92 Å². The predicted octanol–water partition coefficient (Wildman–Crippen LogP) is 5.87. The molecule has 0 radical (unpaired) electrons. The molecule has 1 N–H and O–H groups in total. The molecule has 0 aliphatic rings. The van der Waals surface area contributed by atoms with Gasteiger partial charge in [-0.15, -0.1) is 0 Å². The smallest absolute Gasteiger partial charge is 0.392 e. The van der Waals surface area contributed by atoms with Gasteiger partial charge in [0.1, 0.15) is 0 Å². The molecule has 5 heteroatoms. The van der Waals surface area contributed by atoms with E-state index >= 15 is 0 Å². The summed E-state index contributed by atoms with van der Waals surface area (Å²) in [6.45, 7) is 3.05. The van der Waals surface area contributed by atoms with Gasteiger partial charge >= 0.3 is 6.09 Å². The molecule has 0 saturated heterocycles. The van der Waals surface area contributed by atoms with Crippen molar-refractivity contribution < 1.29 is 9.53 Å². The molecule has 4 rings (SSSR count). The van der Waals surface area contributed by atoms with E-state index in [4.69, 9.17) is 4.74 Å². The fourth-order valence-electron chi connectivity index (χ4n) is 3.84. The van der Waals surface area contributed by atoms with Crippen molar-refractivity contribution in [2.24, 2.45) is 0 Å². The Hall–Kier alpha value is -3.99. The van der Waals surface area contributed by atoms with Crippen molar-refractivity contribution in [1.29, 1.82) is 0 Å². The molecular weight excluding hydrogens is 410 g/mol. The molecule has 1 heterocycles. The van der Waals surface area contributed by atoms with E-state index in [9.17, 15) is 4.79 Å². The van der Waals surface area contributed by atoms with Gasteiger partial charge in [0.2, 0.25) is 5.88 Å². The van der Waals surface area contributed by atoms with Crippen LogP contribution in [-0.4, -0.2) is 24.8 Å². The molecule has 3 aromatic carbocycles. The van der Waals surface area contributed by atoms with Crippen molar-refractivity contribution >= 4 is 11.8 Å². The zero-order chi connectivity index (χ0) is 23.2. The van der Waals surface area contributed by atoms with Gasteiger partial charge in [-0.1, -0.05) is 72.8 Å². The van der Waals surface area contributed by atoms with Crippen LogP contribution in [0.1, 0.15) is 16.7 Å². The van der Waals surface area contributed by atoms with Gasteiger partial charge in [-0.3, -0.25) is 0 Å². The lowest BCUT2D eigenvalue weighted by Crippen LogP contribution is -2.27. The van der Waals surface area contributed by atoms with Crippen molar-refractivity contribution in [2.45, 2.75) is 20.0 Å². The van der Waals surface area contributed by atoms with E-state index in [1.165, 1.54) is 0 Å². The number of nitrogens with one attached hydrogen (secondary N) is 1. The number of amides is 1. The molecule has 0 aliphatic heterocycles. The molecule has 33 heavy (non-hydrogen) atoms. The monoisotopic (exact) mass is 439 g/mol. The van der Waals surface area contributed by atoms with E-state index in [2.05, 4.69) is 17.4 Å². The van der Waals surface area contributed by atoms with Crippen molar-refractivity contribution in [2.75, 3.05) is 19.0 Å². The second kappa shape index (κ2) is 10.1. The lowest BCUT2D eigenvalue weighted by Gasteiger charge is -2.14. The Morgan fingerprint density at radius 3 is 2.15 bits per heavy atom. The Morgan fingerprint density at radius 1 is 0.879 bits per heavy atom. The number of anilines is 1. The summed E-state index contributed by atoms with van der Waals surface area (Å²) in [5.41, 5.74) is 6.26. The first kappa shape index (κ1) is 22.2. The highest BCUT2D eigenvalue weighted by molar-refractivity contribution is 5.78. The minimum atomic E-state index is -0.476. The molecule has 0 aliphatic carbocycles. The third kappa shape index (κ3) is 5.44. The Balaban J connectivity index is 1.56. The van der Waals surface area contributed by atoms with Crippen LogP contribution >= 0.6 is 0 Å². The molecule has 0 bridgehead atoms. The Labute approximate surface area is 195 Å². The van der Waals surface area contributed by atoms with Gasteiger partial charge in [-0.2, -0.15) is 0 Å². The number of aryl methyl sites for hydroxylation is 1. The third-order valence-corrected chi connectivity index (χ3v) is 5.56. The van der Waals surface area contributed by atoms with Crippen LogP contribution in [0.15, 0.2) is 91.1 Å². The van der Waals surface area contributed by atoms with Crippen molar-refractivity contribution in [1.82, 2.24) is 9.88 Å². The summed E-state index contributed by atoms with van der Waals surface area (Å²) in [6, 6.07) is 28.3. The Morgan fingerprint density at radius 2 is 1.52 bits per heavy atom. The Bertz CT molecular complexity index is 1200. The summed E-state index contributed by atoms with van der Waals surface area (Å²) >= 11 is 0. The Kier molecular flexibility index (Phi) is 6.79. The van der Waals surface area contributed by atoms with Crippen molar-refractivity contribution in [3.8, 4) is 17.0 Å². The van der Waals surface area contributed by atoms with Gasteiger partial charge in [-0.05, 0) is 41.3 Å². The quantitative estimate of drug-likeness (QED) is 0.392. The van der Waals surface area contributed by atoms with Crippen LogP contribution in [0.5, 0.6) is 5.88 Å². The first-order chi connectivity index (χ1) is 16.0. The lowest BCUT2D eigenvalue weighted by molar-refractivity contribution is 0.196. The van der Waals surface area contributed by atoms with Gasteiger partial charge in [0.25, 0.3) is 0 Å². The molecule has 1 amide bonds. The van der Waals surface area contributed by atoms with Crippen molar-refractivity contribution in [3.05, 3.63) is 108 Å². The lowest BCUT2D eigenvalue weighted by atomic mass is 10.1. The largest absolute Gasteiger partial charge is 0.414 e. The molecule has 0 saturated carbocycles. The molecule has 0 atom stereocenters. The van der Waals surface area contributed by atoms with E-state index in [0.29, 0.717) is 19.0 Å². The highest BCUT2D eigenvalue weighted by Gasteiger charge is 2.19. The number of benzene rings is 3. The maximum Gasteiger partial charge on any atom is 0.414 e. The van der Waals surface area contributed by atoms with Gasteiger partial charge in [0, 0.05) is 38.1 Å². The molecular formula is C28H29N3O2. The van der Waals surface area contributed by atoms with E-state index in [1.54, 1.807) is 0 Å². The maximum absolute atomic E-state index is 12.8. The van der Waals surface area contributed by atoms with Crippen LogP contribution < -0.4 is 15.0 Å². The fraction of sp³-hybridized carbons (Fsp3) is 0.179. The first-order valence-corrected chi connectivity index (χ1v) is 11.0. The average Bonchev–Trinajstić information content (AvgIpc) is 3.13. The average molecular weight is 440 g/mol. The number of rotatable bonds is 7. The van der Waals surface area contributed by atoms with Gasteiger partial charge < -0.3 is 19.5 Å². The van der Waals surface area contributed by atoms with Crippen LogP contribution in [0.25, 0.3) is 11.1 Å². The van der Waals surface area contributed by atoms with Crippen molar-refractivity contribution in [3.63, 3.8) is 0 Å². The standard InChI is InChI=1S/C28H29N3O2/c1-21-19-31(20-23-10-6-4-7-11-23)27(26(21)24-12-8-5-9-13-24)33-28(32)29-18-22-14-16-25(17-15-22)30(2)3/h4-17,19H,18,20H2,1-3H3,(H,29,32). The number of hydrogen-bond donors (Lipinski definition) is 1. The number of hydrogen-bond acceptors (Lipinski definition) is 3. The maximum atomic E-state index is 12.8. The summed E-state index contributed by atoms with van der Waals surface area (Å²) in [6.07, 6.45) is 1.56. The molecule has 1 aromatic heterocycles. The third-order valence-electron chi connectivity index (χ3n) is 5.56. The normalized spacial score (nSPS) is 10.6. The molecule has 0 fully saturated rings. The summed E-state index contributed by atoms with van der Waals surface area (Å²) in [5.74, 6) is 0.544. The molecule has 0 unspecified atom stereocenters. The number of nitrogens with zero attached hydrogens (tertiary/aromatic N) is 2. The van der Waals surface area contributed by atoms with Crippen LogP contribution in [0.3, 0.4) is 0 Å². The van der Waals surface area contributed by atoms with Gasteiger partial charge in [-0.25, -0.2) is 4.79 Å². The van der Waals surface area contributed by atoms with E-state index in [1.807, 2.05) is 109 Å². The second-order valence-electron chi connectivity index (χ2n) is 8.28. The summed E-state index contributed by atoms with van der Waals surface area (Å²) in [7, 11) is 4.00. The SMILES string of the molecule is Cc1cn(Cc2ccccc2)c(OC(=O)NCc2ccc(N(C)C)cc2)c1-c1ccccc1. The highest BCUT2D eigenvalue weighted by Crippen LogP contribution is 2.35. The molecule has 0 spiro atoms. The number of carbonyl (C=O) groups excluding carboxylic acids is 1. The topological polar surface area (TPSA) is 46.5 Å². The number of ether oxygens (including phenoxy) is 1. The zero-order valence-corrected chi connectivity index (χ0v) is 19.3. The number of carbonyl (C=O) groups is 1. The summed E-state index contributed by atoms with van der Waals surface area (Å²) < 4.78 is 7.91. The highest BCUT2D eigenvalue weighted by atomic mass is 16.6. The second-order valence-corrected chi connectivity index (χ2v) is 8.28.